The molecule has 1 fully saturated rings. The summed E-state index contributed by atoms with van der Waals surface area (Å²) in [6, 6.07) is 3.51. The Morgan fingerprint density at radius 1 is 1.25 bits per heavy atom. The van der Waals surface area contributed by atoms with Crippen molar-refractivity contribution in [3.8, 4) is 0 Å². The summed E-state index contributed by atoms with van der Waals surface area (Å²) in [5.74, 6) is -0.716. The molecule has 1 saturated carbocycles. The number of benzene rings is 1. The highest BCUT2D eigenvalue weighted by molar-refractivity contribution is 6.12. The summed E-state index contributed by atoms with van der Waals surface area (Å²) in [4.78, 5) is 24.3. The van der Waals surface area contributed by atoms with Crippen molar-refractivity contribution in [2.45, 2.75) is 38.3 Å². The fourth-order valence-corrected chi connectivity index (χ4v) is 3.34. The molecule has 0 heterocycles. The van der Waals surface area contributed by atoms with Crippen LogP contribution in [0.5, 0.6) is 0 Å². The van der Waals surface area contributed by atoms with Gasteiger partial charge in [0.15, 0.2) is 5.78 Å². The van der Waals surface area contributed by atoms with Crippen LogP contribution < -0.4 is 0 Å². The Bertz CT molecular complexity index is 618. The summed E-state index contributed by atoms with van der Waals surface area (Å²) < 4.78 is 38.3. The first-order chi connectivity index (χ1) is 9.23. The molecule has 3 rings (SSSR count). The van der Waals surface area contributed by atoms with Gasteiger partial charge < -0.3 is 0 Å². The van der Waals surface area contributed by atoms with E-state index in [4.69, 9.17) is 0 Å². The average Bonchev–Trinajstić information content (AvgIpc) is 2.35. The lowest BCUT2D eigenvalue weighted by Crippen LogP contribution is -2.48. The highest BCUT2D eigenvalue weighted by atomic mass is 19.4. The third kappa shape index (κ3) is 1.72. The van der Waals surface area contributed by atoms with Crippen LogP contribution in [0.1, 0.15) is 42.4 Å². The normalized spacial score (nSPS) is 29.3. The molecule has 0 aliphatic heterocycles. The highest BCUT2D eigenvalue weighted by Gasteiger charge is 2.51. The molecule has 2 aliphatic rings. The Kier molecular flexibility index (Phi) is 2.62. The molecule has 0 saturated heterocycles. The number of alkyl halides is 3. The minimum atomic E-state index is -4.41. The van der Waals surface area contributed by atoms with Crippen molar-refractivity contribution < 1.29 is 22.8 Å². The molecule has 0 spiro atoms. The van der Waals surface area contributed by atoms with E-state index in [-0.39, 0.29) is 18.0 Å². The molecule has 5 heteroatoms. The smallest absolute Gasteiger partial charge is 0.299 e. The van der Waals surface area contributed by atoms with E-state index in [0.29, 0.717) is 24.0 Å². The minimum absolute atomic E-state index is 0.0837. The molecule has 1 aromatic rings. The molecule has 1 aromatic carbocycles. The summed E-state index contributed by atoms with van der Waals surface area (Å²) in [7, 11) is 0. The van der Waals surface area contributed by atoms with E-state index in [1.165, 1.54) is 6.07 Å². The molecule has 106 valence electrons. The molecule has 20 heavy (non-hydrogen) atoms. The molecule has 0 radical (unpaired) electrons. The molecule has 0 N–H and O–H groups in total. The van der Waals surface area contributed by atoms with Crippen LogP contribution in [-0.4, -0.2) is 11.6 Å². The predicted octanol–water partition coefficient (Wildman–Crippen LogP) is 3.28. The van der Waals surface area contributed by atoms with Gasteiger partial charge in [0.25, 0.3) is 0 Å². The Balaban J connectivity index is 2.14. The van der Waals surface area contributed by atoms with Crippen LogP contribution in [0, 0.1) is 5.41 Å². The molecule has 0 amide bonds. The standard InChI is InChI=1S/C15H13F3O2/c1-14-7-8-6-9(15(16,17)18)2-3-10(8)11(13(14)20)4-5-12(14)19/h2-3,6,11H,4-5,7H2,1H3/t11-,14-/m0/s1. The number of rotatable bonds is 0. The number of ketones is 2. The lowest BCUT2D eigenvalue weighted by atomic mass is 9.59. The van der Waals surface area contributed by atoms with Crippen LogP contribution in [0.15, 0.2) is 18.2 Å². The van der Waals surface area contributed by atoms with Gasteiger partial charge in [0.05, 0.1) is 11.0 Å². The van der Waals surface area contributed by atoms with Gasteiger partial charge in [-0.3, -0.25) is 9.59 Å². The number of halogens is 3. The number of carbonyl (C=O) groups excluding carboxylic acids is 2. The molecule has 2 bridgehead atoms. The van der Waals surface area contributed by atoms with Crippen molar-refractivity contribution in [2.24, 2.45) is 5.41 Å². The molecule has 2 aliphatic carbocycles. The van der Waals surface area contributed by atoms with E-state index in [1.54, 1.807) is 6.92 Å². The van der Waals surface area contributed by atoms with E-state index in [2.05, 4.69) is 0 Å². The Morgan fingerprint density at radius 3 is 2.60 bits per heavy atom. The molecular formula is C15H13F3O2. The van der Waals surface area contributed by atoms with Crippen molar-refractivity contribution in [2.75, 3.05) is 0 Å². The first kappa shape index (κ1) is 13.3. The minimum Gasteiger partial charge on any atom is -0.299 e. The highest BCUT2D eigenvalue weighted by Crippen LogP contribution is 2.47. The Labute approximate surface area is 114 Å². The fourth-order valence-electron chi connectivity index (χ4n) is 3.34. The van der Waals surface area contributed by atoms with Crippen LogP contribution in [0.4, 0.5) is 13.2 Å². The number of fused-ring (bicyclic) bond motifs is 4. The van der Waals surface area contributed by atoms with Gasteiger partial charge in [-0.1, -0.05) is 6.07 Å². The number of hydrogen-bond acceptors (Lipinski definition) is 2. The van der Waals surface area contributed by atoms with Gasteiger partial charge in [0, 0.05) is 12.3 Å². The van der Waals surface area contributed by atoms with E-state index in [1.807, 2.05) is 0 Å². The van der Waals surface area contributed by atoms with E-state index in [0.717, 1.165) is 12.1 Å². The van der Waals surface area contributed by atoms with Crippen LogP contribution in [0.3, 0.4) is 0 Å². The van der Waals surface area contributed by atoms with Crippen molar-refractivity contribution >= 4 is 11.6 Å². The van der Waals surface area contributed by atoms with Crippen LogP contribution in [-0.2, 0) is 22.2 Å². The van der Waals surface area contributed by atoms with Gasteiger partial charge in [-0.05, 0) is 43.0 Å². The molecule has 2 nitrogen and oxygen atoms in total. The SMILES string of the molecule is C[C@]12Cc3cc(C(F)(F)F)ccc3[C@H](CCC1=O)C2=O. The van der Waals surface area contributed by atoms with Crippen LogP contribution >= 0.6 is 0 Å². The first-order valence-electron chi connectivity index (χ1n) is 6.51. The van der Waals surface area contributed by atoms with E-state index in [9.17, 15) is 22.8 Å². The van der Waals surface area contributed by atoms with Crippen LogP contribution in [0.25, 0.3) is 0 Å². The summed E-state index contributed by atoms with van der Waals surface area (Å²) in [6.07, 6.45) is -3.59. The molecule has 0 unspecified atom stereocenters. The monoisotopic (exact) mass is 282 g/mol. The second kappa shape index (κ2) is 3.93. The maximum atomic E-state index is 12.8. The lowest BCUT2D eigenvalue weighted by Gasteiger charge is -2.41. The lowest BCUT2D eigenvalue weighted by molar-refractivity contribution is -0.144. The molecular weight excluding hydrogens is 269 g/mol. The zero-order chi connectivity index (χ0) is 14.7. The van der Waals surface area contributed by atoms with Crippen LogP contribution in [0.2, 0.25) is 0 Å². The zero-order valence-corrected chi connectivity index (χ0v) is 10.9. The second-order valence-corrected chi connectivity index (χ2v) is 5.80. The predicted molar refractivity (Wildman–Crippen MR) is 65.2 cm³/mol. The quantitative estimate of drug-likeness (QED) is 0.684. The van der Waals surface area contributed by atoms with Gasteiger partial charge in [-0.15, -0.1) is 0 Å². The third-order valence-electron chi connectivity index (χ3n) is 4.53. The average molecular weight is 282 g/mol. The van der Waals surface area contributed by atoms with Crippen molar-refractivity contribution in [3.05, 3.63) is 34.9 Å². The van der Waals surface area contributed by atoms with Gasteiger partial charge in [0.1, 0.15) is 5.78 Å². The largest absolute Gasteiger partial charge is 0.416 e. The van der Waals surface area contributed by atoms with Gasteiger partial charge in [0.2, 0.25) is 0 Å². The Hall–Kier alpha value is -1.65. The molecule has 2 atom stereocenters. The van der Waals surface area contributed by atoms with E-state index >= 15 is 0 Å². The van der Waals surface area contributed by atoms with Crippen molar-refractivity contribution in [3.63, 3.8) is 0 Å². The summed E-state index contributed by atoms with van der Waals surface area (Å²) in [6.45, 7) is 1.56. The van der Waals surface area contributed by atoms with Crippen molar-refractivity contribution in [1.82, 2.24) is 0 Å². The summed E-state index contributed by atoms with van der Waals surface area (Å²) >= 11 is 0. The number of Topliss-reactive ketones (excluding diaryl/α,β-unsaturated/α-hetero) is 2. The summed E-state index contributed by atoms with van der Waals surface area (Å²) in [5.41, 5.74) is -0.715. The fraction of sp³-hybridized carbons (Fsp3) is 0.467. The zero-order valence-electron chi connectivity index (χ0n) is 10.9. The topological polar surface area (TPSA) is 34.1 Å². The maximum absolute atomic E-state index is 12.8. The maximum Gasteiger partial charge on any atom is 0.416 e. The Morgan fingerprint density at radius 2 is 1.95 bits per heavy atom. The summed E-state index contributed by atoms with van der Waals surface area (Å²) in [5, 5.41) is 0. The van der Waals surface area contributed by atoms with Gasteiger partial charge >= 0.3 is 6.18 Å². The first-order valence-corrected chi connectivity index (χ1v) is 6.51. The number of carbonyl (C=O) groups is 2. The second-order valence-electron chi connectivity index (χ2n) is 5.80. The van der Waals surface area contributed by atoms with Gasteiger partial charge in [-0.25, -0.2) is 0 Å². The van der Waals surface area contributed by atoms with Crippen molar-refractivity contribution in [1.29, 1.82) is 0 Å². The third-order valence-corrected chi connectivity index (χ3v) is 4.53. The van der Waals surface area contributed by atoms with Gasteiger partial charge in [-0.2, -0.15) is 13.2 Å². The molecule has 0 aromatic heterocycles. The van der Waals surface area contributed by atoms with E-state index < -0.39 is 23.1 Å². The number of hydrogen-bond donors (Lipinski definition) is 0.